The third-order valence-corrected chi connectivity index (χ3v) is 4.73. The Morgan fingerprint density at radius 2 is 1.96 bits per heavy atom. The zero-order chi connectivity index (χ0) is 17.2. The van der Waals surface area contributed by atoms with Crippen LogP contribution >= 0.6 is 11.3 Å². The lowest BCUT2D eigenvalue weighted by atomic mass is 10.3. The van der Waals surface area contributed by atoms with E-state index in [9.17, 15) is 4.79 Å². The van der Waals surface area contributed by atoms with Crippen LogP contribution in [0.15, 0.2) is 58.7 Å². The molecule has 0 aliphatic heterocycles. The molecule has 0 bridgehead atoms. The molecule has 0 saturated heterocycles. The van der Waals surface area contributed by atoms with Crippen molar-refractivity contribution in [2.45, 2.75) is 6.42 Å². The van der Waals surface area contributed by atoms with E-state index in [0.717, 1.165) is 16.5 Å². The molecule has 1 aromatic carbocycles. The van der Waals surface area contributed by atoms with Crippen LogP contribution in [0.1, 0.15) is 5.82 Å². The number of hydrogen-bond donors (Lipinski definition) is 0. The predicted molar refractivity (Wildman–Crippen MR) is 97.2 cm³/mol. The van der Waals surface area contributed by atoms with Crippen molar-refractivity contribution in [1.82, 2.24) is 19.2 Å². The number of rotatable bonds is 5. The average Bonchev–Trinajstić information content (AvgIpc) is 3.25. The van der Waals surface area contributed by atoms with E-state index in [1.165, 1.54) is 10.7 Å². The van der Waals surface area contributed by atoms with Gasteiger partial charge in [-0.1, -0.05) is 24.3 Å². The number of aryl methyl sites for hydroxylation is 1. The van der Waals surface area contributed by atoms with E-state index in [4.69, 9.17) is 4.74 Å². The highest BCUT2D eigenvalue weighted by Gasteiger charge is 2.13. The summed E-state index contributed by atoms with van der Waals surface area (Å²) < 4.78 is 9.04. The van der Waals surface area contributed by atoms with E-state index < -0.39 is 0 Å². The van der Waals surface area contributed by atoms with Crippen molar-refractivity contribution >= 4 is 17.0 Å². The molecule has 0 saturated carbocycles. The van der Waals surface area contributed by atoms with Crippen molar-refractivity contribution in [3.63, 3.8) is 0 Å². The van der Waals surface area contributed by atoms with Gasteiger partial charge in [-0.15, -0.1) is 11.3 Å². The van der Waals surface area contributed by atoms with Crippen LogP contribution in [-0.2, 0) is 13.5 Å². The van der Waals surface area contributed by atoms with Gasteiger partial charge in [0, 0.05) is 19.5 Å². The summed E-state index contributed by atoms with van der Waals surface area (Å²) in [7, 11) is 1.71. The van der Waals surface area contributed by atoms with Crippen molar-refractivity contribution in [1.29, 1.82) is 0 Å². The quantitative estimate of drug-likeness (QED) is 0.554. The van der Waals surface area contributed by atoms with Crippen LogP contribution in [-0.4, -0.2) is 25.8 Å². The second-order valence-corrected chi connectivity index (χ2v) is 6.48. The first kappa shape index (κ1) is 15.6. The average molecular weight is 352 g/mol. The molecule has 3 aromatic heterocycles. The number of aromatic nitrogens is 4. The molecule has 0 radical (unpaired) electrons. The molecule has 0 amide bonds. The number of thiophene rings is 1. The van der Waals surface area contributed by atoms with Crippen molar-refractivity contribution in [2.24, 2.45) is 7.05 Å². The molecular formula is C18H16N4O2S. The molecule has 0 spiro atoms. The van der Waals surface area contributed by atoms with E-state index >= 15 is 0 Å². The molecule has 7 heteroatoms. The molecule has 6 nitrogen and oxygen atoms in total. The van der Waals surface area contributed by atoms with Gasteiger partial charge in [0.05, 0.1) is 11.5 Å². The number of ether oxygens (including phenoxy) is 1. The van der Waals surface area contributed by atoms with E-state index in [1.54, 1.807) is 22.9 Å². The van der Waals surface area contributed by atoms with Crippen LogP contribution in [0.4, 0.5) is 0 Å². The molecule has 0 fully saturated rings. The van der Waals surface area contributed by atoms with Gasteiger partial charge < -0.3 is 4.74 Å². The molecule has 126 valence electrons. The summed E-state index contributed by atoms with van der Waals surface area (Å²) in [5.74, 6) is 2.19. The van der Waals surface area contributed by atoms with Crippen LogP contribution in [0.5, 0.6) is 5.75 Å². The van der Waals surface area contributed by atoms with Gasteiger partial charge >= 0.3 is 0 Å². The first-order valence-corrected chi connectivity index (χ1v) is 8.78. The molecule has 0 N–H and O–H groups in total. The zero-order valence-corrected chi connectivity index (χ0v) is 14.4. The predicted octanol–water partition coefficient (Wildman–Crippen LogP) is 2.78. The number of hydrogen-bond acceptors (Lipinski definition) is 5. The molecular weight excluding hydrogens is 336 g/mol. The summed E-state index contributed by atoms with van der Waals surface area (Å²) in [6.07, 6.45) is 0.564. The summed E-state index contributed by atoms with van der Waals surface area (Å²) in [6, 6.07) is 15.1. The second kappa shape index (κ2) is 6.52. The molecule has 4 aromatic rings. The summed E-state index contributed by atoms with van der Waals surface area (Å²) in [5, 5.41) is 1.98. The number of fused-ring (bicyclic) bond motifs is 1. The van der Waals surface area contributed by atoms with Gasteiger partial charge in [-0.3, -0.25) is 4.79 Å². The Balaban J connectivity index is 1.69. The lowest BCUT2D eigenvalue weighted by Crippen LogP contribution is -2.19. The fourth-order valence-electron chi connectivity index (χ4n) is 2.66. The maximum atomic E-state index is 12.0. The standard InChI is InChI=1S/C18H16N4O2S/c1-21-17(23)12-16-20-18(14-8-5-11-25-14)19-15(22(16)21)9-10-24-13-6-3-2-4-7-13/h2-8,11-12H,9-10H2,1H3. The largest absolute Gasteiger partial charge is 0.493 e. The fourth-order valence-corrected chi connectivity index (χ4v) is 3.32. The topological polar surface area (TPSA) is 61.4 Å². The lowest BCUT2D eigenvalue weighted by molar-refractivity contribution is 0.316. The minimum atomic E-state index is -0.108. The Hall–Kier alpha value is -2.93. The van der Waals surface area contributed by atoms with Gasteiger partial charge in [0.1, 0.15) is 11.6 Å². The zero-order valence-electron chi connectivity index (χ0n) is 13.6. The normalized spacial score (nSPS) is 11.1. The molecule has 0 aliphatic rings. The highest BCUT2D eigenvalue weighted by atomic mass is 32.1. The van der Waals surface area contributed by atoms with Crippen LogP contribution in [0.3, 0.4) is 0 Å². The summed E-state index contributed by atoms with van der Waals surface area (Å²) in [6.45, 7) is 0.465. The van der Waals surface area contributed by atoms with Crippen molar-refractivity contribution in [3.8, 4) is 16.5 Å². The van der Waals surface area contributed by atoms with Gasteiger partial charge in [0.15, 0.2) is 11.5 Å². The second-order valence-electron chi connectivity index (χ2n) is 5.53. The SMILES string of the molecule is Cn1c(=O)cc2nc(-c3cccs3)nc(CCOc3ccccc3)n21. The molecule has 0 atom stereocenters. The van der Waals surface area contributed by atoms with Crippen LogP contribution < -0.4 is 10.3 Å². The van der Waals surface area contributed by atoms with Crippen LogP contribution in [0, 0.1) is 0 Å². The molecule has 0 unspecified atom stereocenters. The lowest BCUT2D eigenvalue weighted by Gasteiger charge is -2.10. The van der Waals surface area contributed by atoms with E-state index in [-0.39, 0.29) is 5.56 Å². The Labute approximate surface area is 148 Å². The van der Waals surface area contributed by atoms with Gasteiger partial charge in [-0.05, 0) is 23.6 Å². The van der Waals surface area contributed by atoms with E-state index in [0.29, 0.717) is 24.5 Å². The Morgan fingerprint density at radius 3 is 2.72 bits per heavy atom. The third kappa shape index (κ3) is 3.06. The van der Waals surface area contributed by atoms with Crippen molar-refractivity contribution in [3.05, 3.63) is 70.1 Å². The molecule has 25 heavy (non-hydrogen) atoms. The van der Waals surface area contributed by atoms with Crippen LogP contribution in [0.25, 0.3) is 16.3 Å². The van der Waals surface area contributed by atoms with E-state index in [2.05, 4.69) is 9.97 Å². The molecule has 4 rings (SSSR count). The highest BCUT2D eigenvalue weighted by Crippen LogP contribution is 2.22. The number of benzene rings is 1. The summed E-state index contributed by atoms with van der Waals surface area (Å²) in [4.78, 5) is 22.2. The first-order chi connectivity index (χ1) is 12.2. The van der Waals surface area contributed by atoms with E-state index in [1.807, 2.05) is 47.8 Å². The highest BCUT2D eigenvalue weighted by molar-refractivity contribution is 7.13. The first-order valence-electron chi connectivity index (χ1n) is 7.90. The maximum absolute atomic E-state index is 12.0. The van der Waals surface area contributed by atoms with Crippen LogP contribution in [0.2, 0.25) is 0 Å². The Kier molecular flexibility index (Phi) is 4.07. The van der Waals surface area contributed by atoms with Gasteiger partial charge in [-0.2, -0.15) is 0 Å². The Morgan fingerprint density at radius 1 is 1.12 bits per heavy atom. The minimum absolute atomic E-state index is 0.108. The molecule has 0 aliphatic carbocycles. The minimum Gasteiger partial charge on any atom is -0.493 e. The monoisotopic (exact) mass is 352 g/mol. The van der Waals surface area contributed by atoms with Gasteiger partial charge in [-0.25, -0.2) is 19.2 Å². The Bertz CT molecular complexity index is 1050. The van der Waals surface area contributed by atoms with Gasteiger partial charge in [0.25, 0.3) is 5.56 Å². The summed E-state index contributed by atoms with van der Waals surface area (Å²) in [5.41, 5.74) is 0.489. The smallest absolute Gasteiger partial charge is 0.269 e. The van der Waals surface area contributed by atoms with Crippen molar-refractivity contribution in [2.75, 3.05) is 6.61 Å². The fraction of sp³-hybridized carbons (Fsp3) is 0.167. The third-order valence-electron chi connectivity index (χ3n) is 3.87. The maximum Gasteiger partial charge on any atom is 0.269 e. The van der Waals surface area contributed by atoms with Crippen molar-refractivity contribution < 1.29 is 4.74 Å². The summed E-state index contributed by atoms with van der Waals surface area (Å²) >= 11 is 1.57. The van der Waals surface area contributed by atoms with Gasteiger partial charge in [0.2, 0.25) is 0 Å². The number of para-hydroxylation sites is 1. The number of nitrogens with zero attached hydrogens (tertiary/aromatic N) is 4. The molecule has 3 heterocycles.